The lowest BCUT2D eigenvalue weighted by molar-refractivity contribution is 0.252. The van der Waals surface area contributed by atoms with Crippen molar-refractivity contribution in [3.8, 4) is 0 Å². The molecule has 0 radical (unpaired) electrons. The number of carbonyl (C=O) groups is 1. The molecule has 0 aliphatic heterocycles. The molecule has 5 nitrogen and oxygen atoms in total. The minimum absolute atomic E-state index is 0.0426. The van der Waals surface area contributed by atoms with Crippen molar-refractivity contribution in [2.75, 3.05) is 23.7 Å². The molecule has 0 aliphatic carbocycles. The minimum atomic E-state index is -0.755. The zero-order valence-electron chi connectivity index (χ0n) is 13.8. The van der Waals surface area contributed by atoms with Crippen molar-refractivity contribution in [3.05, 3.63) is 65.1 Å². The molecule has 0 fully saturated rings. The fourth-order valence-electron chi connectivity index (χ4n) is 2.47. The van der Waals surface area contributed by atoms with Crippen LogP contribution in [0, 0.1) is 17.5 Å². The number of pyridine rings is 1. The van der Waals surface area contributed by atoms with Crippen LogP contribution in [-0.4, -0.2) is 24.1 Å². The van der Waals surface area contributed by atoms with Crippen LogP contribution in [-0.2, 0) is 0 Å². The van der Waals surface area contributed by atoms with Crippen molar-refractivity contribution < 1.29 is 18.0 Å². The van der Waals surface area contributed by atoms with Crippen LogP contribution < -0.4 is 16.0 Å². The molecular formula is C18H14ClF3N4O. The number of carbonyl (C=O) groups excluding carboxylic acids is 1. The van der Waals surface area contributed by atoms with E-state index in [4.69, 9.17) is 11.6 Å². The van der Waals surface area contributed by atoms with E-state index >= 15 is 0 Å². The Kier molecular flexibility index (Phi) is 5.66. The fraction of sp³-hybridized carbons (Fsp3) is 0.111. The Hall–Kier alpha value is -3.00. The monoisotopic (exact) mass is 394 g/mol. The van der Waals surface area contributed by atoms with Crippen LogP contribution in [0.2, 0.25) is 5.02 Å². The predicted molar refractivity (Wildman–Crippen MR) is 98.6 cm³/mol. The van der Waals surface area contributed by atoms with Crippen molar-refractivity contribution in [2.24, 2.45) is 0 Å². The third-order valence-electron chi connectivity index (χ3n) is 3.69. The molecule has 3 N–H and O–H groups in total. The summed E-state index contributed by atoms with van der Waals surface area (Å²) in [5.74, 6) is -2.19. The van der Waals surface area contributed by atoms with Crippen molar-refractivity contribution in [1.82, 2.24) is 10.3 Å². The minimum Gasteiger partial charge on any atom is -0.383 e. The van der Waals surface area contributed by atoms with Gasteiger partial charge in [-0.15, -0.1) is 0 Å². The number of nitrogens with zero attached hydrogens (tertiary/aromatic N) is 1. The summed E-state index contributed by atoms with van der Waals surface area (Å²) in [5, 5.41) is 8.04. The van der Waals surface area contributed by atoms with Crippen LogP contribution >= 0.6 is 11.6 Å². The van der Waals surface area contributed by atoms with Crippen LogP contribution in [0.1, 0.15) is 0 Å². The lowest BCUT2D eigenvalue weighted by Crippen LogP contribution is -2.32. The average molecular weight is 395 g/mol. The van der Waals surface area contributed by atoms with Crippen LogP contribution in [0.3, 0.4) is 0 Å². The summed E-state index contributed by atoms with van der Waals surface area (Å²) in [7, 11) is 0. The Morgan fingerprint density at radius 3 is 2.70 bits per heavy atom. The largest absolute Gasteiger partial charge is 0.383 e. The Balaban J connectivity index is 1.57. The molecule has 0 saturated heterocycles. The van der Waals surface area contributed by atoms with E-state index in [1.807, 2.05) is 0 Å². The summed E-state index contributed by atoms with van der Waals surface area (Å²) in [6.45, 7) is 0.443. The van der Waals surface area contributed by atoms with Gasteiger partial charge in [0.1, 0.15) is 11.3 Å². The average Bonchev–Trinajstić information content (AvgIpc) is 2.63. The molecule has 1 heterocycles. The first-order valence-corrected chi connectivity index (χ1v) is 8.30. The topological polar surface area (TPSA) is 66.0 Å². The van der Waals surface area contributed by atoms with E-state index in [1.54, 1.807) is 6.07 Å². The molecule has 3 aromatic rings. The highest BCUT2D eigenvalue weighted by molar-refractivity contribution is 6.31. The third-order valence-corrected chi connectivity index (χ3v) is 3.98. The highest BCUT2D eigenvalue weighted by Crippen LogP contribution is 2.24. The SMILES string of the molecule is O=C(NCCNc1ccnc2c(F)cc(F)cc12)Nc1cccc(Cl)c1F. The van der Waals surface area contributed by atoms with Crippen molar-refractivity contribution >= 4 is 39.9 Å². The number of aromatic nitrogens is 1. The van der Waals surface area contributed by atoms with Gasteiger partial charge in [0.15, 0.2) is 11.6 Å². The Labute approximate surface area is 157 Å². The van der Waals surface area contributed by atoms with E-state index in [2.05, 4.69) is 20.9 Å². The highest BCUT2D eigenvalue weighted by atomic mass is 35.5. The number of hydrogen-bond donors (Lipinski definition) is 3. The summed E-state index contributed by atoms with van der Waals surface area (Å²) in [4.78, 5) is 15.7. The molecule has 2 amide bonds. The number of rotatable bonds is 5. The normalized spacial score (nSPS) is 10.7. The zero-order chi connectivity index (χ0) is 19.4. The maximum atomic E-state index is 13.8. The van der Waals surface area contributed by atoms with Gasteiger partial charge < -0.3 is 16.0 Å². The second-order valence-corrected chi connectivity index (χ2v) is 5.96. The maximum absolute atomic E-state index is 13.8. The first kappa shape index (κ1) is 18.8. The molecular weight excluding hydrogens is 381 g/mol. The van der Waals surface area contributed by atoms with Crippen LogP contribution in [0.5, 0.6) is 0 Å². The molecule has 0 unspecified atom stereocenters. The van der Waals surface area contributed by atoms with E-state index in [0.29, 0.717) is 11.1 Å². The van der Waals surface area contributed by atoms with E-state index in [-0.39, 0.29) is 29.3 Å². The van der Waals surface area contributed by atoms with Gasteiger partial charge in [0.2, 0.25) is 0 Å². The zero-order valence-corrected chi connectivity index (χ0v) is 14.6. The van der Waals surface area contributed by atoms with E-state index in [1.165, 1.54) is 30.5 Å². The first-order valence-electron chi connectivity index (χ1n) is 7.92. The molecule has 27 heavy (non-hydrogen) atoms. The summed E-state index contributed by atoms with van der Waals surface area (Å²) < 4.78 is 40.9. The Morgan fingerprint density at radius 2 is 1.89 bits per heavy atom. The molecule has 0 saturated carbocycles. The van der Waals surface area contributed by atoms with Crippen LogP contribution in [0.15, 0.2) is 42.6 Å². The number of amides is 2. The number of nitrogens with one attached hydrogen (secondary N) is 3. The summed E-state index contributed by atoms with van der Waals surface area (Å²) in [5.41, 5.74) is 0.476. The second kappa shape index (κ2) is 8.13. The molecule has 9 heteroatoms. The van der Waals surface area contributed by atoms with E-state index in [9.17, 15) is 18.0 Å². The molecule has 0 aliphatic rings. The first-order chi connectivity index (χ1) is 13.0. The maximum Gasteiger partial charge on any atom is 0.319 e. The van der Waals surface area contributed by atoms with Gasteiger partial charge in [-0.25, -0.2) is 18.0 Å². The van der Waals surface area contributed by atoms with Crippen LogP contribution in [0.25, 0.3) is 10.9 Å². The molecule has 3 rings (SSSR count). The van der Waals surface area contributed by atoms with Gasteiger partial charge in [-0.1, -0.05) is 17.7 Å². The quantitative estimate of drug-likeness (QED) is 0.557. The lowest BCUT2D eigenvalue weighted by Gasteiger charge is -2.12. The molecule has 1 aromatic heterocycles. The van der Waals surface area contributed by atoms with Crippen molar-refractivity contribution in [1.29, 1.82) is 0 Å². The molecule has 2 aromatic carbocycles. The van der Waals surface area contributed by atoms with Crippen LogP contribution in [0.4, 0.5) is 29.3 Å². The van der Waals surface area contributed by atoms with E-state index in [0.717, 1.165) is 6.07 Å². The highest BCUT2D eigenvalue weighted by Gasteiger charge is 2.10. The van der Waals surface area contributed by atoms with Gasteiger partial charge in [-0.2, -0.15) is 0 Å². The Morgan fingerprint density at radius 1 is 1.07 bits per heavy atom. The van der Waals surface area contributed by atoms with Gasteiger partial charge in [-0.05, 0) is 24.3 Å². The molecule has 140 valence electrons. The van der Waals surface area contributed by atoms with Gasteiger partial charge in [0.05, 0.1) is 10.7 Å². The van der Waals surface area contributed by atoms with E-state index < -0.39 is 23.5 Å². The summed E-state index contributed by atoms with van der Waals surface area (Å²) in [6, 6.07) is 7.16. The summed E-state index contributed by atoms with van der Waals surface area (Å²) >= 11 is 5.65. The smallest absolute Gasteiger partial charge is 0.319 e. The predicted octanol–water partition coefficient (Wildman–Crippen LogP) is 4.54. The Bertz CT molecular complexity index is 1000. The van der Waals surface area contributed by atoms with Gasteiger partial charge in [0.25, 0.3) is 0 Å². The number of benzene rings is 2. The van der Waals surface area contributed by atoms with Crippen molar-refractivity contribution in [2.45, 2.75) is 0 Å². The van der Waals surface area contributed by atoms with Gasteiger partial charge in [0, 0.05) is 36.4 Å². The third kappa shape index (κ3) is 4.40. The number of hydrogen-bond acceptors (Lipinski definition) is 3. The second-order valence-electron chi connectivity index (χ2n) is 5.55. The molecule has 0 bridgehead atoms. The summed E-state index contributed by atoms with van der Waals surface area (Å²) in [6.07, 6.45) is 1.40. The number of fused-ring (bicyclic) bond motifs is 1. The number of halogens is 4. The molecule has 0 spiro atoms. The number of anilines is 2. The van der Waals surface area contributed by atoms with Crippen molar-refractivity contribution in [3.63, 3.8) is 0 Å². The number of urea groups is 1. The molecule has 0 atom stereocenters. The lowest BCUT2D eigenvalue weighted by atomic mass is 10.1. The van der Waals surface area contributed by atoms with Gasteiger partial charge >= 0.3 is 6.03 Å². The standard InChI is InChI=1S/C18H14ClF3N4O/c19-12-2-1-3-15(16(12)22)26-18(27)25-7-6-23-14-4-5-24-17-11(14)8-10(20)9-13(17)21/h1-5,8-9H,6-7H2,(H,23,24)(H2,25,26,27). The fourth-order valence-corrected chi connectivity index (χ4v) is 2.65. The van der Waals surface area contributed by atoms with Gasteiger partial charge in [-0.3, -0.25) is 4.98 Å².